The van der Waals surface area contributed by atoms with Crippen molar-refractivity contribution in [3.8, 4) is 5.75 Å². The fourth-order valence-corrected chi connectivity index (χ4v) is 1.65. The normalized spacial score (nSPS) is 12.4. The molecule has 0 fully saturated rings. The molecule has 0 spiro atoms. The Hall–Kier alpha value is -1.06. The van der Waals surface area contributed by atoms with Gasteiger partial charge in [-0.3, -0.25) is 0 Å². The number of hydrogen-bond donors (Lipinski definition) is 1. The molecule has 0 heterocycles. The van der Waals surface area contributed by atoms with E-state index in [1.165, 1.54) is 5.56 Å². The first-order valence-electron chi connectivity index (χ1n) is 5.59. The van der Waals surface area contributed by atoms with Gasteiger partial charge < -0.3 is 14.8 Å². The van der Waals surface area contributed by atoms with E-state index in [2.05, 4.69) is 17.4 Å². The molecule has 0 aromatic heterocycles. The summed E-state index contributed by atoms with van der Waals surface area (Å²) in [4.78, 5) is 0. The molecule has 90 valence electrons. The number of methoxy groups -OCH3 is 2. The Kier molecular flexibility index (Phi) is 5.90. The molecule has 1 aromatic rings. The van der Waals surface area contributed by atoms with Crippen molar-refractivity contribution in [2.45, 2.75) is 18.9 Å². The first-order valence-corrected chi connectivity index (χ1v) is 5.59. The standard InChI is InChI=1S/C13H21NO2/c1-14-12(8-9-15-2)10-11-4-6-13(16-3)7-5-11/h4-7,12,14H,8-10H2,1-3H3. The van der Waals surface area contributed by atoms with Gasteiger partial charge in [-0.15, -0.1) is 0 Å². The van der Waals surface area contributed by atoms with E-state index in [9.17, 15) is 0 Å². The van der Waals surface area contributed by atoms with Gasteiger partial charge in [-0.05, 0) is 37.6 Å². The van der Waals surface area contributed by atoms with Crippen LogP contribution in [0.5, 0.6) is 5.75 Å². The minimum absolute atomic E-state index is 0.466. The fourth-order valence-electron chi connectivity index (χ4n) is 1.65. The number of hydrogen-bond acceptors (Lipinski definition) is 3. The molecule has 1 atom stereocenters. The van der Waals surface area contributed by atoms with E-state index >= 15 is 0 Å². The van der Waals surface area contributed by atoms with Crippen LogP contribution in [0.2, 0.25) is 0 Å². The molecule has 0 bridgehead atoms. The van der Waals surface area contributed by atoms with Crippen LogP contribution < -0.4 is 10.1 Å². The zero-order chi connectivity index (χ0) is 11.8. The van der Waals surface area contributed by atoms with Crippen LogP contribution in [0.15, 0.2) is 24.3 Å². The maximum atomic E-state index is 5.13. The van der Waals surface area contributed by atoms with E-state index in [4.69, 9.17) is 9.47 Å². The van der Waals surface area contributed by atoms with Crippen molar-refractivity contribution >= 4 is 0 Å². The minimum Gasteiger partial charge on any atom is -0.497 e. The smallest absolute Gasteiger partial charge is 0.118 e. The Balaban J connectivity index is 2.49. The highest BCUT2D eigenvalue weighted by molar-refractivity contribution is 5.27. The molecule has 0 saturated heterocycles. The molecule has 3 nitrogen and oxygen atoms in total. The summed E-state index contributed by atoms with van der Waals surface area (Å²) in [6, 6.07) is 8.68. The molecule has 1 rings (SSSR count). The zero-order valence-electron chi connectivity index (χ0n) is 10.3. The quantitative estimate of drug-likeness (QED) is 0.765. The Labute approximate surface area is 97.8 Å². The van der Waals surface area contributed by atoms with Crippen LogP contribution >= 0.6 is 0 Å². The summed E-state index contributed by atoms with van der Waals surface area (Å²) in [6.07, 6.45) is 2.04. The molecule has 0 aliphatic heterocycles. The average molecular weight is 223 g/mol. The highest BCUT2D eigenvalue weighted by Gasteiger charge is 2.06. The number of rotatable bonds is 7. The number of likely N-dealkylation sites (N-methyl/N-ethyl adjacent to an activating group) is 1. The van der Waals surface area contributed by atoms with E-state index in [0.29, 0.717) is 6.04 Å². The molecule has 1 N–H and O–H groups in total. The summed E-state index contributed by atoms with van der Waals surface area (Å²) in [5.74, 6) is 0.904. The van der Waals surface area contributed by atoms with Gasteiger partial charge in [0.25, 0.3) is 0 Å². The highest BCUT2D eigenvalue weighted by atomic mass is 16.5. The molecular weight excluding hydrogens is 202 g/mol. The van der Waals surface area contributed by atoms with Crippen molar-refractivity contribution in [3.05, 3.63) is 29.8 Å². The SMILES string of the molecule is CNC(CCOC)Cc1ccc(OC)cc1. The van der Waals surface area contributed by atoms with Crippen LogP contribution in [-0.4, -0.2) is 33.9 Å². The molecule has 3 heteroatoms. The third-order valence-corrected chi connectivity index (χ3v) is 2.72. The maximum absolute atomic E-state index is 5.13. The van der Waals surface area contributed by atoms with Crippen LogP contribution in [0, 0.1) is 0 Å². The van der Waals surface area contributed by atoms with Crippen molar-refractivity contribution in [1.29, 1.82) is 0 Å². The summed E-state index contributed by atoms with van der Waals surface area (Å²) in [5, 5.41) is 3.30. The van der Waals surface area contributed by atoms with Crippen molar-refractivity contribution in [2.24, 2.45) is 0 Å². The first-order chi connectivity index (χ1) is 7.80. The minimum atomic E-state index is 0.466. The molecule has 1 unspecified atom stereocenters. The van der Waals surface area contributed by atoms with Crippen molar-refractivity contribution in [2.75, 3.05) is 27.9 Å². The fraction of sp³-hybridized carbons (Fsp3) is 0.538. The Morgan fingerprint density at radius 1 is 1.19 bits per heavy atom. The maximum Gasteiger partial charge on any atom is 0.118 e. The van der Waals surface area contributed by atoms with Crippen molar-refractivity contribution < 1.29 is 9.47 Å². The number of nitrogens with one attached hydrogen (secondary N) is 1. The van der Waals surface area contributed by atoms with E-state index < -0.39 is 0 Å². The van der Waals surface area contributed by atoms with E-state index in [0.717, 1.165) is 25.2 Å². The topological polar surface area (TPSA) is 30.5 Å². The molecule has 0 saturated carbocycles. The second kappa shape index (κ2) is 7.25. The van der Waals surface area contributed by atoms with Gasteiger partial charge in [-0.2, -0.15) is 0 Å². The summed E-state index contributed by atoms with van der Waals surface area (Å²) < 4.78 is 10.2. The molecule has 0 amide bonds. The predicted molar refractivity (Wildman–Crippen MR) is 66.0 cm³/mol. The van der Waals surface area contributed by atoms with Gasteiger partial charge >= 0.3 is 0 Å². The third kappa shape index (κ3) is 4.21. The summed E-state index contributed by atoms with van der Waals surface area (Å²) >= 11 is 0. The van der Waals surface area contributed by atoms with E-state index in [1.54, 1.807) is 14.2 Å². The Morgan fingerprint density at radius 3 is 2.38 bits per heavy atom. The van der Waals surface area contributed by atoms with Crippen LogP contribution in [0.3, 0.4) is 0 Å². The first kappa shape index (κ1) is 13.0. The van der Waals surface area contributed by atoms with Gasteiger partial charge in [-0.1, -0.05) is 12.1 Å². The largest absolute Gasteiger partial charge is 0.497 e. The average Bonchev–Trinajstić information content (AvgIpc) is 2.35. The third-order valence-electron chi connectivity index (χ3n) is 2.72. The summed E-state index contributed by atoms with van der Waals surface area (Å²) in [6.45, 7) is 0.793. The number of ether oxygens (including phenoxy) is 2. The van der Waals surface area contributed by atoms with Crippen molar-refractivity contribution in [3.63, 3.8) is 0 Å². The van der Waals surface area contributed by atoms with Crippen LogP contribution in [0.25, 0.3) is 0 Å². The molecule has 0 aliphatic rings. The van der Waals surface area contributed by atoms with Gasteiger partial charge in [0.1, 0.15) is 5.75 Å². The van der Waals surface area contributed by atoms with Crippen LogP contribution in [0.1, 0.15) is 12.0 Å². The predicted octanol–water partition coefficient (Wildman–Crippen LogP) is 1.86. The Morgan fingerprint density at radius 2 is 1.88 bits per heavy atom. The lowest BCUT2D eigenvalue weighted by Gasteiger charge is -2.15. The monoisotopic (exact) mass is 223 g/mol. The zero-order valence-corrected chi connectivity index (χ0v) is 10.3. The second-order valence-corrected chi connectivity index (χ2v) is 3.82. The number of benzene rings is 1. The molecular formula is C13H21NO2. The molecule has 0 aliphatic carbocycles. The van der Waals surface area contributed by atoms with Gasteiger partial charge in [0.15, 0.2) is 0 Å². The van der Waals surface area contributed by atoms with Crippen LogP contribution in [0.4, 0.5) is 0 Å². The van der Waals surface area contributed by atoms with Crippen molar-refractivity contribution in [1.82, 2.24) is 5.32 Å². The molecule has 1 aromatic carbocycles. The van der Waals surface area contributed by atoms with Gasteiger partial charge in [0.05, 0.1) is 7.11 Å². The molecule has 0 radical (unpaired) electrons. The van der Waals surface area contributed by atoms with Gasteiger partial charge in [0, 0.05) is 19.8 Å². The van der Waals surface area contributed by atoms with Gasteiger partial charge in [-0.25, -0.2) is 0 Å². The lowest BCUT2D eigenvalue weighted by Crippen LogP contribution is -2.28. The second-order valence-electron chi connectivity index (χ2n) is 3.82. The van der Waals surface area contributed by atoms with Gasteiger partial charge in [0.2, 0.25) is 0 Å². The lowest BCUT2D eigenvalue weighted by molar-refractivity contribution is 0.184. The van der Waals surface area contributed by atoms with Crippen LogP contribution in [-0.2, 0) is 11.2 Å². The highest BCUT2D eigenvalue weighted by Crippen LogP contribution is 2.13. The Bertz CT molecular complexity index is 284. The van der Waals surface area contributed by atoms with E-state index in [1.807, 2.05) is 19.2 Å². The molecule has 16 heavy (non-hydrogen) atoms. The summed E-state index contributed by atoms with van der Waals surface area (Å²) in [5.41, 5.74) is 1.32. The van der Waals surface area contributed by atoms with E-state index in [-0.39, 0.29) is 0 Å². The lowest BCUT2D eigenvalue weighted by atomic mass is 10.0. The summed E-state index contributed by atoms with van der Waals surface area (Å²) in [7, 11) is 5.41.